The van der Waals surface area contributed by atoms with Crippen molar-refractivity contribution >= 4 is 34.1 Å². The number of halogens is 3. The van der Waals surface area contributed by atoms with Gasteiger partial charge in [-0.25, -0.2) is 9.37 Å². The second kappa shape index (κ2) is 3.95. The van der Waals surface area contributed by atoms with Gasteiger partial charge in [-0.2, -0.15) is 0 Å². The average molecular weight is 244 g/mol. The third-order valence-corrected chi connectivity index (χ3v) is 2.84. The molecule has 0 amide bonds. The van der Waals surface area contributed by atoms with Gasteiger partial charge in [0, 0.05) is 11.1 Å². The summed E-state index contributed by atoms with van der Waals surface area (Å²) < 4.78 is 13.6. The summed E-state index contributed by atoms with van der Waals surface area (Å²) in [6, 6.07) is 4.91. The van der Waals surface area contributed by atoms with Crippen LogP contribution in [0.4, 0.5) is 4.39 Å². The van der Waals surface area contributed by atoms with Crippen molar-refractivity contribution in [2.24, 2.45) is 0 Å². The first-order valence-corrected chi connectivity index (χ1v) is 5.32. The molecule has 1 aromatic heterocycles. The Morgan fingerprint density at radius 1 is 1.27 bits per heavy atom. The summed E-state index contributed by atoms with van der Waals surface area (Å²) >= 11 is 11.7. The minimum absolute atomic E-state index is 0.0688. The first kappa shape index (κ1) is 10.7. The molecule has 0 unspecified atom stereocenters. The summed E-state index contributed by atoms with van der Waals surface area (Å²) in [6.07, 6.45) is 0.710. The number of pyridine rings is 1. The van der Waals surface area contributed by atoms with E-state index in [1.807, 2.05) is 6.92 Å². The Morgan fingerprint density at radius 3 is 2.67 bits per heavy atom. The Labute approximate surface area is 96.8 Å². The molecule has 4 heteroatoms. The zero-order valence-corrected chi connectivity index (χ0v) is 9.53. The number of nitrogens with zero attached hydrogens (tertiary/aromatic N) is 1. The topological polar surface area (TPSA) is 12.9 Å². The monoisotopic (exact) mass is 243 g/mol. The van der Waals surface area contributed by atoms with E-state index in [0.717, 1.165) is 5.69 Å². The molecule has 0 N–H and O–H groups in total. The van der Waals surface area contributed by atoms with Gasteiger partial charge >= 0.3 is 0 Å². The lowest BCUT2D eigenvalue weighted by molar-refractivity contribution is 0.636. The average Bonchev–Trinajstić information content (AvgIpc) is 2.23. The normalized spacial score (nSPS) is 10.9. The van der Waals surface area contributed by atoms with E-state index in [1.54, 1.807) is 12.1 Å². The number of hydrogen-bond donors (Lipinski definition) is 0. The lowest BCUT2D eigenvalue weighted by Crippen LogP contribution is -1.92. The molecule has 0 aliphatic heterocycles. The van der Waals surface area contributed by atoms with E-state index in [-0.39, 0.29) is 10.5 Å². The van der Waals surface area contributed by atoms with E-state index in [2.05, 4.69) is 4.98 Å². The second-order valence-corrected chi connectivity index (χ2v) is 4.02. The van der Waals surface area contributed by atoms with Gasteiger partial charge in [0.05, 0.1) is 10.0 Å². The zero-order valence-electron chi connectivity index (χ0n) is 8.02. The van der Waals surface area contributed by atoms with Crippen LogP contribution in [-0.4, -0.2) is 4.98 Å². The van der Waals surface area contributed by atoms with Gasteiger partial charge in [0.2, 0.25) is 0 Å². The predicted molar refractivity (Wildman–Crippen MR) is 61.1 cm³/mol. The van der Waals surface area contributed by atoms with Crippen LogP contribution in [0.15, 0.2) is 18.2 Å². The Hall–Kier alpha value is -0.860. The van der Waals surface area contributed by atoms with Crippen LogP contribution in [0.25, 0.3) is 10.9 Å². The third kappa shape index (κ3) is 1.80. The number of aryl methyl sites for hydroxylation is 1. The zero-order chi connectivity index (χ0) is 11.0. The molecule has 1 aromatic carbocycles. The van der Waals surface area contributed by atoms with Crippen molar-refractivity contribution in [1.29, 1.82) is 0 Å². The van der Waals surface area contributed by atoms with Gasteiger partial charge in [-0.15, -0.1) is 0 Å². The van der Waals surface area contributed by atoms with Crippen LogP contribution in [0.2, 0.25) is 10.0 Å². The van der Waals surface area contributed by atoms with E-state index in [9.17, 15) is 4.39 Å². The molecule has 0 saturated heterocycles. The largest absolute Gasteiger partial charge is 0.250 e. The van der Waals surface area contributed by atoms with E-state index in [1.165, 1.54) is 6.07 Å². The second-order valence-electron chi connectivity index (χ2n) is 3.21. The summed E-state index contributed by atoms with van der Waals surface area (Å²) in [5.41, 5.74) is 1.00. The molecular weight excluding hydrogens is 236 g/mol. The summed E-state index contributed by atoms with van der Waals surface area (Å²) in [5.74, 6) is -0.508. The van der Waals surface area contributed by atoms with Gasteiger partial charge in [-0.1, -0.05) is 30.1 Å². The molecule has 0 aliphatic rings. The van der Waals surface area contributed by atoms with Crippen molar-refractivity contribution in [1.82, 2.24) is 4.98 Å². The summed E-state index contributed by atoms with van der Waals surface area (Å²) in [7, 11) is 0. The molecule has 0 radical (unpaired) electrons. The maximum atomic E-state index is 13.6. The molecule has 0 spiro atoms. The number of aromatic nitrogens is 1. The van der Waals surface area contributed by atoms with Crippen molar-refractivity contribution in [3.05, 3.63) is 39.8 Å². The molecule has 78 valence electrons. The molecule has 0 atom stereocenters. The summed E-state index contributed by atoms with van der Waals surface area (Å²) in [4.78, 5) is 4.17. The highest BCUT2D eigenvalue weighted by Gasteiger charge is 2.10. The maximum absolute atomic E-state index is 13.6. The molecule has 0 aliphatic carbocycles. The first-order chi connectivity index (χ1) is 7.13. The van der Waals surface area contributed by atoms with E-state index in [0.29, 0.717) is 16.8 Å². The van der Waals surface area contributed by atoms with Crippen LogP contribution in [0.1, 0.15) is 12.6 Å². The quantitative estimate of drug-likeness (QED) is 0.730. The fourth-order valence-electron chi connectivity index (χ4n) is 1.42. The standard InChI is InChI=1S/C11H8Cl2FN/c1-2-6-5-9(13)7-3-4-8(12)10(14)11(7)15-6/h3-5H,2H2,1H3. The summed E-state index contributed by atoms with van der Waals surface area (Å²) in [6.45, 7) is 1.94. The molecule has 1 nitrogen and oxygen atoms in total. The lowest BCUT2D eigenvalue weighted by atomic mass is 10.2. The molecule has 0 fully saturated rings. The van der Waals surface area contributed by atoms with Crippen molar-refractivity contribution in [2.75, 3.05) is 0 Å². The van der Waals surface area contributed by atoms with Crippen molar-refractivity contribution in [3.8, 4) is 0 Å². The highest BCUT2D eigenvalue weighted by molar-refractivity contribution is 6.36. The van der Waals surface area contributed by atoms with Crippen molar-refractivity contribution < 1.29 is 4.39 Å². The van der Waals surface area contributed by atoms with Crippen LogP contribution in [0.3, 0.4) is 0 Å². The lowest BCUT2D eigenvalue weighted by Gasteiger charge is -2.05. The molecule has 1 heterocycles. The molecule has 15 heavy (non-hydrogen) atoms. The first-order valence-electron chi connectivity index (χ1n) is 4.56. The van der Waals surface area contributed by atoms with Crippen LogP contribution in [0, 0.1) is 5.82 Å². The maximum Gasteiger partial charge on any atom is 0.168 e. The van der Waals surface area contributed by atoms with E-state index in [4.69, 9.17) is 23.2 Å². The highest BCUT2D eigenvalue weighted by atomic mass is 35.5. The van der Waals surface area contributed by atoms with E-state index < -0.39 is 5.82 Å². The summed E-state index contributed by atoms with van der Waals surface area (Å²) in [5, 5.41) is 1.17. The Balaban J connectivity index is 2.86. The Bertz CT molecular complexity index is 525. The van der Waals surface area contributed by atoms with Crippen molar-refractivity contribution in [3.63, 3.8) is 0 Å². The fraction of sp³-hybridized carbons (Fsp3) is 0.182. The number of fused-ring (bicyclic) bond motifs is 1. The number of benzene rings is 1. The smallest absolute Gasteiger partial charge is 0.168 e. The van der Waals surface area contributed by atoms with E-state index >= 15 is 0 Å². The minimum atomic E-state index is -0.508. The molecule has 2 aromatic rings. The van der Waals surface area contributed by atoms with Gasteiger partial charge in [0.25, 0.3) is 0 Å². The minimum Gasteiger partial charge on any atom is -0.250 e. The van der Waals surface area contributed by atoms with Gasteiger partial charge < -0.3 is 0 Å². The van der Waals surface area contributed by atoms with Crippen LogP contribution < -0.4 is 0 Å². The third-order valence-electron chi connectivity index (χ3n) is 2.24. The van der Waals surface area contributed by atoms with Crippen LogP contribution in [-0.2, 0) is 6.42 Å². The Kier molecular flexibility index (Phi) is 2.81. The van der Waals surface area contributed by atoms with Gasteiger partial charge in [-0.3, -0.25) is 0 Å². The fourth-order valence-corrected chi connectivity index (χ4v) is 1.85. The highest BCUT2D eigenvalue weighted by Crippen LogP contribution is 2.28. The number of rotatable bonds is 1. The van der Waals surface area contributed by atoms with Crippen LogP contribution >= 0.6 is 23.2 Å². The molecule has 0 bridgehead atoms. The molecule has 2 rings (SSSR count). The molecular formula is C11H8Cl2FN. The van der Waals surface area contributed by atoms with Crippen LogP contribution in [0.5, 0.6) is 0 Å². The van der Waals surface area contributed by atoms with Gasteiger partial charge in [0.15, 0.2) is 5.82 Å². The SMILES string of the molecule is CCc1cc(Cl)c2ccc(Cl)c(F)c2n1. The Morgan fingerprint density at radius 2 is 2.00 bits per heavy atom. The molecule has 0 saturated carbocycles. The van der Waals surface area contributed by atoms with Crippen molar-refractivity contribution in [2.45, 2.75) is 13.3 Å². The number of hydrogen-bond acceptors (Lipinski definition) is 1. The van der Waals surface area contributed by atoms with Gasteiger partial charge in [-0.05, 0) is 24.6 Å². The van der Waals surface area contributed by atoms with Gasteiger partial charge in [0.1, 0.15) is 5.52 Å². The predicted octanol–water partition coefficient (Wildman–Crippen LogP) is 4.24.